The van der Waals surface area contributed by atoms with Crippen molar-refractivity contribution in [2.24, 2.45) is 0 Å². The Morgan fingerprint density at radius 3 is 2.53 bits per heavy atom. The number of benzene rings is 2. The van der Waals surface area contributed by atoms with E-state index in [-0.39, 0.29) is 0 Å². The van der Waals surface area contributed by atoms with Crippen molar-refractivity contribution in [1.29, 1.82) is 0 Å². The van der Waals surface area contributed by atoms with Crippen LogP contribution in [0.15, 0.2) is 40.9 Å². The van der Waals surface area contributed by atoms with Crippen molar-refractivity contribution in [3.63, 3.8) is 0 Å². The number of nitrogens with two attached hydrogens (primary N) is 1. The third-order valence-electron chi connectivity index (χ3n) is 2.80. The summed E-state index contributed by atoms with van der Waals surface area (Å²) in [5.74, 6) is 0.876. The Kier molecular flexibility index (Phi) is 4.32. The summed E-state index contributed by atoms with van der Waals surface area (Å²) >= 11 is 3.51. The predicted molar refractivity (Wildman–Crippen MR) is 84.2 cm³/mol. The molecule has 0 spiro atoms. The van der Waals surface area contributed by atoms with Crippen LogP contribution < -0.4 is 15.8 Å². The molecule has 0 aliphatic heterocycles. The highest BCUT2D eigenvalue weighted by molar-refractivity contribution is 9.10. The standard InChI is InChI=1S/C15H17BrN2O/c1-3-19-12-6-4-11(5-7-12)18-15-8-10(2)14(17)9-13(15)16/h4-9,18H,3,17H2,1-2H3. The van der Waals surface area contributed by atoms with Crippen LogP contribution in [0.1, 0.15) is 12.5 Å². The fourth-order valence-corrected chi connectivity index (χ4v) is 2.21. The summed E-state index contributed by atoms with van der Waals surface area (Å²) in [6.45, 7) is 4.64. The van der Waals surface area contributed by atoms with E-state index in [1.54, 1.807) is 0 Å². The Hall–Kier alpha value is -1.68. The van der Waals surface area contributed by atoms with Crippen molar-refractivity contribution in [3.05, 3.63) is 46.4 Å². The monoisotopic (exact) mass is 320 g/mol. The molecule has 100 valence electrons. The molecule has 0 aromatic heterocycles. The first-order valence-corrected chi connectivity index (χ1v) is 6.95. The smallest absolute Gasteiger partial charge is 0.119 e. The molecule has 0 aliphatic rings. The second-order valence-electron chi connectivity index (χ2n) is 4.27. The zero-order chi connectivity index (χ0) is 13.8. The van der Waals surface area contributed by atoms with Crippen molar-refractivity contribution in [2.45, 2.75) is 13.8 Å². The van der Waals surface area contributed by atoms with Crippen LogP contribution in [0.3, 0.4) is 0 Å². The van der Waals surface area contributed by atoms with E-state index in [0.29, 0.717) is 6.61 Å². The zero-order valence-electron chi connectivity index (χ0n) is 11.0. The van der Waals surface area contributed by atoms with E-state index in [0.717, 1.165) is 32.8 Å². The van der Waals surface area contributed by atoms with Gasteiger partial charge in [0.05, 0.1) is 12.3 Å². The summed E-state index contributed by atoms with van der Waals surface area (Å²) in [6, 6.07) is 11.8. The maximum atomic E-state index is 5.86. The summed E-state index contributed by atoms with van der Waals surface area (Å²) < 4.78 is 6.36. The first kappa shape index (κ1) is 13.7. The van der Waals surface area contributed by atoms with Gasteiger partial charge in [-0.1, -0.05) is 0 Å². The van der Waals surface area contributed by atoms with Crippen molar-refractivity contribution in [2.75, 3.05) is 17.7 Å². The topological polar surface area (TPSA) is 47.3 Å². The molecule has 2 aromatic carbocycles. The van der Waals surface area contributed by atoms with Crippen molar-refractivity contribution in [1.82, 2.24) is 0 Å². The van der Waals surface area contributed by atoms with Gasteiger partial charge in [-0.05, 0) is 71.7 Å². The highest BCUT2D eigenvalue weighted by Gasteiger charge is 2.04. The largest absolute Gasteiger partial charge is 0.494 e. The molecule has 0 radical (unpaired) electrons. The summed E-state index contributed by atoms with van der Waals surface area (Å²) in [6.07, 6.45) is 0. The lowest BCUT2D eigenvalue weighted by atomic mass is 10.2. The van der Waals surface area contributed by atoms with Crippen molar-refractivity contribution in [3.8, 4) is 5.75 Å². The van der Waals surface area contributed by atoms with Crippen LogP contribution in [0.25, 0.3) is 0 Å². The minimum atomic E-state index is 0.676. The minimum Gasteiger partial charge on any atom is -0.494 e. The average molecular weight is 321 g/mol. The Bertz CT molecular complexity index is 567. The molecule has 4 heteroatoms. The lowest BCUT2D eigenvalue weighted by Crippen LogP contribution is -1.96. The molecule has 0 atom stereocenters. The molecule has 0 fully saturated rings. The summed E-state index contributed by atoms with van der Waals surface area (Å²) in [4.78, 5) is 0. The Balaban J connectivity index is 2.19. The second kappa shape index (κ2) is 5.97. The highest BCUT2D eigenvalue weighted by atomic mass is 79.9. The molecular weight excluding hydrogens is 304 g/mol. The highest BCUT2D eigenvalue weighted by Crippen LogP contribution is 2.30. The van der Waals surface area contributed by atoms with Gasteiger partial charge in [0.15, 0.2) is 0 Å². The number of nitrogen functional groups attached to an aromatic ring is 1. The van der Waals surface area contributed by atoms with Crippen LogP contribution in [0, 0.1) is 6.92 Å². The zero-order valence-corrected chi connectivity index (χ0v) is 12.6. The number of aryl methyl sites for hydroxylation is 1. The number of hydrogen-bond acceptors (Lipinski definition) is 3. The molecule has 3 N–H and O–H groups in total. The average Bonchev–Trinajstić information content (AvgIpc) is 2.38. The Morgan fingerprint density at radius 1 is 1.21 bits per heavy atom. The molecule has 0 saturated heterocycles. The van der Waals surface area contributed by atoms with Gasteiger partial charge < -0.3 is 15.8 Å². The molecule has 2 aromatic rings. The SMILES string of the molecule is CCOc1ccc(Nc2cc(C)c(N)cc2Br)cc1. The van der Waals surface area contributed by atoms with Gasteiger partial charge in [0, 0.05) is 15.8 Å². The number of nitrogens with one attached hydrogen (secondary N) is 1. The van der Waals surface area contributed by atoms with E-state index >= 15 is 0 Å². The summed E-state index contributed by atoms with van der Waals surface area (Å²) in [5, 5.41) is 3.35. The molecule has 0 saturated carbocycles. The third kappa shape index (κ3) is 3.41. The van der Waals surface area contributed by atoms with Gasteiger partial charge >= 0.3 is 0 Å². The maximum Gasteiger partial charge on any atom is 0.119 e. The molecular formula is C15H17BrN2O. The molecule has 2 rings (SSSR count). The molecule has 0 bridgehead atoms. The van der Waals surface area contributed by atoms with Gasteiger partial charge in [0.25, 0.3) is 0 Å². The molecule has 0 amide bonds. The Labute approximate surface area is 121 Å². The summed E-state index contributed by atoms with van der Waals surface area (Å²) in [5.41, 5.74) is 9.70. The lowest BCUT2D eigenvalue weighted by molar-refractivity contribution is 0.340. The van der Waals surface area contributed by atoms with E-state index in [1.807, 2.05) is 50.2 Å². The van der Waals surface area contributed by atoms with Gasteiger partial charge in [0.2, 0.25) is 0 Å². The van der Waals surface area contributed by atoms with Crippen LogP contribution in [-0.4, -0.2) is 6.61 Å². The van der Waals surface area contributed by atoms with Gasteiger partial charge in [-0.25, -0.2) is 0 Å². The maximum absolute atomic E-state index is 5.86. The van der Waals surface area contributed by atoms with Gasteiger partial charge in [0.1, 0.15) is 5.75 Å². The van der Waals surface area contributed by atoms with E-state index in [4.69, 9.17) is 10.5 Å². The van der Waals surface area contributed by atoms with Crippen LogP contribution in [0.2, 0.25) is 0 Å². The first-order valence-electron chi connectivity index (χ1n) is 6.15. The van der Waals surface area contributed by atoms with E-state index < -0.39 is 0 Å². The summed E-state index contributed by atoms with van der Waals surface area (Å²) in [7, 11) is 0. The van der Waals surface area contributed by atoms with Gasteiger partial charge in [-0.15, -0.1) is 0 Å². The molecule has 0 aliphatic carbocycles. The molecule has 19 heavy (non-hydrogen) atoms. The normalized spacial score (nSPS) is 10.3. The number of anilines is 3. The van der Waals surface area contributed by atoms with Crippen molar-refractivity contribution < 1.29 is 4.74 Å². The second-order valence-corrected chi connectivity index (χ2v) is 5.13. The number of hydrogen-bond donors (Lipinski definition) is 2. The van der Waals surface area contributed by atoms with E-state index in [1.165, 1.54) is 0 Å². The first-order chi connectivity index (χ1) is 9.10. The van der Waals surface area contributed by atoms with Gasteiger partial charge in [-0.2, -0.15) is 0 Å². The number of rotatable bonds is 4. The quantitative estimate of drug-likeness (QED) is 0.816. The van der Waals surface area contributed by atoms with Crippen LogP contribution >= 0.6 is 15.9 Å². The van der Waals surface area contributed by atoms with E-state index in [2.05, 4.69) is 21.2 Å². The third-order valence-corrected chi connectivity index (χ3v) is 3.46. The fourth-order valence-electron chi connectivity index (χ4n) is 1.75. The number of halogens is 1. The van der Waals surface area contributed by atoms with Crippen LogP contribution in [0.5, 0.6) is 5.75 Å². The van der Waals surface area contributed by atoms with Crippen LogP contribution in [-0.2, 0) is 0 Å². The number of ether oxygens (including phenoxy) is 1. The minimum absolute atomic E-state index is 0.676. The molecule has 0 heterocycles. The van der Waals surface area contributed by atoms with Crippen molar-refractivity contribution >= 4 is 33.0 Å². The predicted octanol–water partition coefficient (Wildman–Crippen LogP) is 4.48. The lowest BCUT2D eigenvalue weighted by Gasteiger charge is -2.12. The van der Waals surface area contributed by atoms with Crippen LogP contribution in [0.4, 0.5) is 17.1 Å². The Morgan fingerprint density at radius 2 is 1.89 bits per heavy atom. The molecule has 3 nitrogen and oxygen atoms in total. The van der Waals surface area contributed by atoms with Gasteiger partial charge in [-0.3, -0.25) is 0 Å². The fraction of sp³-hybridized carbons (Fsp3) is 0.200. The molecule has 0 unspecified atom stereocenters. The van der Waals surface area contributed by atoms with E-state index in [9.17, 15) is 0 Å².